The summed E-state index contributed by atoms with van der Waals surface area (Å²) in [6.45, 7) is 0.921. The summed E-state index contributed by atoms with van der Waals surface area (Å²) in [7, 11) is 0. The summed E-state index contributed by atoms with van der Waals surface area (Å²) in [4.78, 5) is 16.4. The molecule has 0 radical (unpaired) electrons. The lowest BCUT2D eigenvalue weighted by Crippen LogP contribution is -2.14. The monoisotopic (exact) mass is 282 g/mol. The van der Waals surface area contributed by atoms with Gasteiger partial charge < -0.3 is 5.32 Å². The second kappa shape index (κ2) is 4.69. The van der Waals surface area contributed by atoms with Crippen LogP contribution in [0.3, 0.4) is 0 Å². The van der Waals surface area contributed by atoms with Gasteiger partial charge in [0.25, 0.3) is 5.91 Å². The maximum atomic E-state index is 12.2. The van der Waals surface area contributed by atoms with E-state index in [0.717, 1.165) is 30.3 Å². The van der Waals surface area contributed by atoms with Crippen LogP contribution in [0, 0.1) is 0 Å². The minimum Gasteiger partial charge on any atom is -0.304 e. The molecule has 0 saturated heterocycles. The van der Waals surface area contributed by atoms with E-state index in [1.165, 1.54) is 12.1 Å². The highest BCUT2D eigenvalue weighted by atomic mass is 16.2. The first-order chi connectivity index (χ1) is 10.3. The fourth-order valence-electron chi connectivity index (χ4n) is 2.63. The number of pyridine rings is 1. The lowest BCUT2D eigenvalue weighted by Gasteiger charge is -2.11. The van der Waals surface area contributed by atoms with Gasteiger partial charge in [0.05, 0.1) is 17.9 Å². The molecule has 21 heavy (non-hydrogen) atoms. The maximum absolute atomic E-state index is 12.2. The fourth-order valence-corrected chi connectivity index (χ4v) is 2.63. The number of hydrogen-bond acceptors (Lipinski definition) is 4. The molecular weight excluding hydrogens is 268 g/mol. The molecule has 0 aliphatic carbocycles. The highest BCUT2D eigenvalue weighted by Gasteiger charge is 2.15. The third-order valence-corrected chi connectivity index (χ3v) is 3.71. The van der Waals surface area contributed by atoms with Crippen molar-refractivity contribution >= 4 is 22.6 Å². The van der Waals surface area contributed by atoms with Crippen LogP contribution in [0.2, 0.25) is 0 Å². The van der Waals surface area contributed by atoms with Crippen molar-refractivity contribution in [3.63, 3.8) is 0 Å². The van der Waals surface area contributed by atoms with E-state index in [0.29, 0.717) is 11.5 Å². The van der Waals surface area contributed by atoms with Gasteiger partial charge in [-0.05, 0) is 25.3 Å². The Bertz CT molecular complexity index is 794. The topological polar surface area (TPSA) is 88.5 Å². The van der Waals surface area contributed by atoms with Gasteiger partial charge in [-0.1, -0.05) is 0 Å². The van der Waals surface area contributed by atoms with Gasteiger partial charge in [-0.3, -0.25) is 14.6 Å². The molecule has 0 bridgehead atoms. The van der Waals surface area contributed by atoms with Gasteiger partial charge in [0.2, 0.25) is 0 Å². The lowest BCUT2D eigenvalue weighted by molar-refractivity contribution is 0.102. The third-order valence-electron chi connectivity index (χ3n) is 3.71. The average Bonchev–Trinajstić information content (AvgIpc) is 3.11. The van der Waals surface area contributed by atoms with Crippen LogP contribution in [0.1, 0.15) is 29.0 Å². The third kappa shape index (κ3) is 2.16. The zero-order chi connectivity index (χ0) is 14.2. The van der Waals surface area contributed by atoms with Gasteiger partial charge in [0.1, 0.15) is 5.69 Å². The Kier molecular flexibility index (Phi) is 2.70. The smallest absolute Gasteiger partial charge is 0.275 e. The predicted molar refractivity (Wildman–Crippen MR) is 77.0 cm³/mol. The Balaban J connectivity index is 1.58. The molecule has 0 saturated carbocycles. The van der Waals surface area contributed by atoms with E-state index in [2.05, 4.69) is 25.6 Å². The van der Waals surface area contributed by atoms with Crippen molar-refractivity contribution < 1.29 is 4.79 Å². The highest BCUT2D eigenvalue weighted by molar-refractivity contribution is 6.04. The molecule has 3 aromatic heterocycles. The number of nitrogens with one attached hydrogen (secondary N) is 2. The van der Waals surface area contributed by atoms with Crippen LogP contribution in [0.15, 0.2) is 24.5 Å². The van der Waals surface area contributed by atoms with E-state index in [9.17, 15) is 4.79 Å². The number of aromatic amines is 1. The SMILES string of the molecule is O=C(Nc1cc2n(n1)CCCC2)c1cc2cn[nH]c2cn1. The molecule has 0 fully saturated rings. The van der Waals surface area contributed by atoms with Crippen LogP contribution in [-0.4, -0.2) is 30.9 Å². The van der Waals surface area contributed by atoms with Crippen LogP contribution in [-0.2, 0) is 13.0 Å². The van der Waals surface area contributed by atoms with Crippen molar-refractivity contribution in [2.75, 3.05) is 5.32 Å². The Morgan fingerprint density at radius 2 is 2.24 bits per heavy atom. The van der Waals surface area contributed by atoms with Crippen molar-refractivity contribution in [2.45, 2.75) is 25.8 Å². The number of rotatable bonds is 2. The minimum absolute atomic E-state index is 0.256. The molecule has 1 amide bonds. The number of nitrogens with zero attached hydrogens (tertiary/aromatic N) is 4. The van der Waals surface area contributed by atoms with E-state index in [1.54, 1.807) is 18.5 Å². The molecule has 0 aromatic carbocycles. The zero-order valence-corrected chi connectivity index (χ0v) is 11.3. The van der Waals surface area contributed by atoms with E-state index in [-0.39, 0.29) is 5.91 Å². The van der Waals surface area contributed by atoms with E-state index >= 15 is 0 Å². The number of hydrogen-bond donors (Lipinski definition) is 2. The summed E-state index contributed by atoms with van der Waals surface area (Å²) in [6.07, 6.45) is 6.61. The predicted octanol–water partition coefficient (Wildman–Crippen LogP) is 1.74. The molecule has 7 nitrogen and oxygen atoms in total. The van der Waals surface area contributed by atoms with Crippen molar-refractivity contribution in [1.29, 1.82) is 0 Å². The standard InChI is InChI=1S/C14H14N6O/c21-14(11-5-9-7-16-18-12(9)8-15-11)17-13-6-10-3-1-2-4-20(10)19-13/h5-8H,1-4H2,(H,16,18)(H,17,19,21). The Hall–Kier alpha value is -2.70. The van der Waals surface area contributed by atoms with Crippen LogP contribution in [0.4, 0.5) is 5.82 Å². The quantitative estimate of drug-likeness (QED) is 0.749. The van der Waals surface area contributed by atoms with Crippen LogP contribution in [0.25, 0.3) is 10.9 Å². The summed E-state index contributed by atoms with van der Waals surface area (Å²) in [6, 6.07) is 3.65. The van der Waals surface area contributed by atoms with Crippen molar-refractivity contribution in [1.82, 2.24) is 25.0 Å². The molecular formula is C14H14N6O. The number of H-pyrrole nitrogens is 1. The van der Waals surface area contributed by atoms with Crippen LogP contribution < -0.4 is 5.32 Å². The molecule has 0 atom stereocenters. The van der Waals surface area contributed by atoms with E-state index in [4.69, 9.17) is 0 Å². The van der Waals surface area contributed by atoms with Gasteiger partial charge in [0.15, 0.2) is 5.82 Å². The zero-order valence-electron chi connectivity index (χ0n) is 11.3. The summed E-state index contributed by atoms with van der Waals surface area (Å²) in [5.74, 6) is 0.333. The van der Waals surface area contributed by atoms with Gasteiger partial charge in [0, 0.05) is 23.7 Å². The molecule has 0 spiro atoms. The van der Waals surface area contributed by atoms with Crippen LogP contribution in [0.5, 0.6) is 0 Å². The van der Waals surface area contributed by atoms with E-state index in [1.807, 2.05) is 10.7 Å². The number of carbonyl (C=O) groups excluding carboxylic acids is 1. The van der Waals surface area contributed by atoms with Gasteiger partial charge in [-0.25, -0.2) is 4.98 Å². The molecule has 7 heteroatoms. The molecule has 1 aliphatic heterocycles. The van der Waals surface area contributed by atoms with Gasteiger partial charge >= 0.3 is 0 Å². The first-order valence-electron chi connectivity index (χ1n) is 6.97. The largest absolute Gasteiger partial charge is 0.304 e. The van der Waals surface area contributed by atoms with Crippen molar-refractivity contribution in [3.8, 4) is 0 Å². The Labute approximate surface area is 120 Å². The molecule has 106 valence electrons. The molecule has 4 rings (SSSR count). The number of anilines is 1. The average molecular weight is 282 g/mol. The first kappa shape index (κ1) is 12.1. The normalized spacial score (nSPS) is 14.1. The molecule has 3 aromatic rings. The molecule has 2 N–H and O–H groups in total. The molecule has 0 unspecified atom stereocenters. The summed E-state index contributed by atoms with van der Waals surface area (Å²) < 4.78 is 1.96. The van der Waals surface area contributed by atoms with E-state index < -0.39 is 0 Å². The number of fused-ring (bicyclic) bond motifs is 2. The highest BCUT2D eigenvalue weighted by Crippen LogP contribution is 2.18. The van der Waals surface area contributed by atoms with Crippen molar-refractivity contribution in [3.05, 3.63) is 35.9 Å². The van der Waals surface area contributed by atoms with Gasteiger partial charge in [-0.2, -0.15) is 10.2 Å². The lowest BCUT2D eigenvalue weighted by atomic mass is 10.1. The van der Waals surface area contributed by atoms with Gasteiger partial charge in [-0.15, -0.1) is 0 Å². The number of carbonyl (C=O) groups is 1. The number of amides is 1. The minimum atomic E-state index is -0.256. The fraction of sp³-hybridized carbons (Fsp3) is 0.286. The van der Waals surface area contributed by atoms with Crippen molar-refractivity contribution in [2.24, 2.45) is 0 Å². The maximum Gasteiger partial charge on any atom is 0.275 e. The Morgan fingerprint density at radius 3 is 3.14 bits per heavy atom. The molecule has 4 heterocycles. The second-order valence-electron chi connectivity index (χ2n) is 5.18. The number of aromatic nitrogens is 5. The summed E-state index contributed by atoms with van der Waals surface area (Å²) in [5, 5.41) is 14.8. The summed E-state index contributed by atoms with van der Waals surface area (Å²) in [5.41, 5.74) is 2.34. The number of aryl methyl sites for hydroxylation is 2. The second-order valence-corrected chi connectivity index (χ2v) is 5.18. The first-order valence-corrected chi connectivity index (χ1v) is 6.97. The molecule has 1 aliphatic rings. The summed E-state index contributed by atoms with van der Waals surface area (Å²) >= 11 is 0. The Morgan fingerprint density at radius 1 is 1.29 bits per heavy atom. The van der Waals surface area contributed by atoms with Crippen LogP contribution >= 0.6 is 0 Å².